The topological polar surface area (TPSA) is 15.3 Å². The molecule has 86 valence electrons. The van der Waals surface area contributed by atoms with Crippen molar-refractivity contribution in [1.82, 2.24) is 10.2 Å². The molecule has 1 rings (SSSR count). The monoisotopic (exact) mass is 208 g/mol. The summed E-state index contributed by atoms with van der Waals surface area (Å²) in [5.41, 5.74) is 0. The Morgan fingerprint density at radius 1 is 1.47 bits per heavy atom. The van der Waals surface area contributed by atoms with Gasteiger partial charge in [0.2, 0.25) is 0 Å². The Bertz CT molecular complexity index is 201. The lowest BCUT2D eigenvalue weighted by Gasteiger charge is -2.31. The second-order valence-electron chi connectivity index (χ2n) is 4.53. The normalized spacial score (nSPS) is 20.1. The predicted octanol–water partition coefficient (Wildman–Crippen LogP) is 1.72. The Hall–Kier alpha value is -0.520. The first kappa shape index (κ1) is 12.5. The average molecular weight is 208 g/mol. The Kier molecular flexibility index (Phi) is 5.75. The number of piperidine rings is 1. The van der Waals surface area contributed by atoms with Crippen molar-refractivity contribution in [3.8, 4) is 12.3 Å². The van der Waals surface area contributed by atoms with Crippen LogP contribution in [0.2, 0.25) is 0 Å². The van der Waals surface area contributed by atoms with Crippen molar-refractivity contribution in [3.63, 3.8) is 0 Å². The summed E-state index contributed by atoms with van der Waals surface area (Å²) in [7, 11) is 0. The average Bonchev–Trinajstić information content (AvgIpc) is 2.29. The fraction of sp³-hybridized carbons (Fsp3) is 0.846. The first-order valence-electron chi connectivity index (χ1n) is 6.18. The minimum absolute atomic E-state index is 0.292. The first-order chi connectivity index (χ1) is 7.27. The highest BCUT2D eigenvalue weighted by atomic mass is 15.1. The van der Waals surface area contributed by atoms with E-state index < -0.39 is 0 Å². The minimum atomic E-state index is 0.292. The molecule has 0 radical (unpaired) electrons. The molecule has 1 heterocycles. The third kappa shape index (κ3) is 4.24. The van der Waals surface area contributed by atoms with Crippen LogP contribution in [-0.4, -0.2) is 37.1 Å². The van der Waals surface area contributed by atoms with E-state index in [0.717, 1.165) is 12.5 Å². The molecule has 1 aliphatic heterocycles. The number of rotatable bonds is 5. The van der Waals surface area contributed by atoms with Crippen LogP contribution >= 0.6 is 0 Å². The van der Waals surface area contributed by atoms with Crippen LogP contribution in [0, 0.1) is 18.3 Å². The zero-order valence-corrected chi connectivity index (χ0v) is 10.1. The van der Waals surface area contributed by atoms with E-state index in [1.54, 1.807) is 0 Å². The van der Waals surface area contributed by atoms with E-state index in [1.165, 1.54) is 38.9 Å². The van der Waals surface area contributed by atoms with Crippen molar-refractivity contribution >= 4 is 0 Å². The molecule has 0 aromatic heterocycles. The molecule has 0 spiro atoms. The van der Waals surface area contributed by atoms with E-state index in [1.807, 2.05) is 0 Å². The summed E-state index contributed by atoms with van der Waals surface area (Å²) in [6, 6.07) is 0.292. The molecule has 1 fully saturated rings. The first-order valence-corrected chi connectivity index (χ1v) is 6.18. The lowest BCUT2D eigenvalue weighted by molar-refractivity contribution is 0.187. The molecule has 1 unspecified atom stereocenters. The lowest BCUT2D eigenvalue weighted by atomic mass is 9.97. The second kappa shape index (κ2) is 6.87. The van der Waals surface area contributed by atoms with Gasteiger partial charge in [-0.3, -0.25) is 4.90 Å². The predicted molar refractivity (Wildman–Crippen MR) is 65.8 cm³/mol. The molecule has 0 amide bonds. The molecule has 0 aliphatic carbocycles. The van der Waals surface area contributed by atoms with E-state index in [2.05, 4.69) is 30.0 Å². The summed E-state index contributed by atoms with van der Waals surface area (Å²) in [6.45, 7) is 9.02. The molecule has 0 aromatic rings. The van der Waals surface area contributed by atoms with Gasteiger partial charge in [-0.25, -0.2) is 0 Å². The maximum absolute atomic E-state index is 5.50. The lowest BCUT2D eigenvalue weighted by Crippen LogP contribution is -2.40. The number of nitrogens with one attached hydrogen (secondary N) is 1. The zero-order valence-electron chi connectivity index (χ0n) is 10.1. The molecule has 2 nitrogen and oxygen atoms in total. The highest BCUT2D eigenvalue weighted by Gasteiger charge is 2.18. The quantitative estimate of drug-likeness (QED) is 0.692. The maximum atomic E-state index is 5.50. The van der Waals surface area contributed by atoms with Crippen molar-refractivity contribution in [3.05, 3.63) is 0 Å². The molecule has 15 heavy (non-hydrogen) atoms. The van der Waals surface area contributed by atoms with Crippen LogP contribution in [0.5, 0.6) is 0 Å². The van der Waals surface area contributed by atoms with Gasteiger partial charge in [-0.2, -0.15) is 0 Å². The Balaban J connectivity index is 2.38. The van der Waals surface area contributed by atoms with E-state index >= 15 is 0 Å². The molecule has 1 aliphatic rings. The molecule has 0 aromatic carbocycles. The Labute approximate surface area is 94.4 Å². The van der Waals surface area contributed by atoms with Crippen molar-refractivity contribution < 1.29 is 0 Å². The molecular formula is C13H24N2. The SMILES string of the molecule is C#CC(C)N(CCC)CC1CCNCC1. The van der Waals surface area contributed by atoms with Crippen molar-refractivity contribution in [2.45, 2.75) is 39.2 Å². The standard InChI is InChI=1S/C13H24N2/c1-4-10-15(12(3)5-2)11-13-6-8-14-9-7-13/h2,12-14H,4,6-11H2,1,3H3. The van der Waals surface area contributed by atoms with Gasteiger partial charge in [-0.05, 0) is 51.7 Å². The zero-order chi connectivity index (χ0) is 11.1. The van der Waals surface area contributed by atoms with Crippen LogP contribution < -0.4 is 5.32 Å². The number of hydrogen-bond acceptors (Lipinski definition) is 2. The highest BCUT2D eigenvalue weighted by molar-refractivity contribution is 4.97. The Morgan fingerprint density at radius 3 is 2.67 bits per heavy atom. The van der Waals surface area contributed by atoms with E-state index in [9.17, 15) is 0 Å². The van der Waals surface area contributed by atoms with Crippen molar-refractivity contribution in [1.29, 1.82) is 0 Å². The van der Waals surface area contributed by atoms with Gasteiger partial charge in [0.15, 0.2) is 0 Å². The molecule has 1 N–H and O–H groups in total. The van der Waals surface area contributed by atoms with Gasteiger partial charge in [-0.15, -0.1) is 6.42 Å². The van der Waals surface area contributed by atoms with Crippen LogP contribution in [0.15, 0.2) is 0 Å². The van der Waals surface area contributed by atoms with Crippen LogP contribution in [0.1, 0.15) is 33.1 Å². The fourth-order valence-electron chi connectivity index (χ4n) is 2.23. The number of terminal acetylenes is 1. The third-order valence-corrected chi connectivity index (χ3v) is 3.25. The van der Waals surface area contributed by atoms with Crippen LogP contribution in [-0.2, 0) is 0 Å². The van der Waals surface area contributed by atoms with Crippen molar-refractivity contribution in [2.24, 2.45) is 5.92 Å². The summed E-state index contributed by atoms with van der Waals surface area (Å²) < 4.78 is 0. The van der Waals surface area contributed by atoms with Crippen molar-refractivity contribution in [2.75, 3.05) is 26.2 Å². The van der Waals surface area contributed by atoms with E-state index in [0.29, 0.717) is 6.04 Å². The van der Waals surface area contributed by atoms with E-state index in [4.69, 9.17) is 6.42 Å². The number of nitrogens with zero attached hydrogens (tertiary/aromatic N) is 1. The number of hydrogen-bond donors (Lipinski definition) is 1. The summed E-state index contributed by atoms with van der Waals surface area (Å²) >= 11 is 0. The van der Waals surface area contributed by atoms with Crippen LogP contribution in [0.25, 0.3) is 0 Å². The van der Waals surface area contributed by atoms with Gasteiger partial charge in [0, 0.05) is 6.54 Å². The molecular weight excluding hydrogens is 184 g/mol. The van der Waals surface area contributed by atoms with Gasteiger partial charge < -0.3 is 5.32 Å². The van der Waals surface area contributed by atoms with Gasteiger partial charge in [0.25, 0.3) is 0 Å². The Morgan fingerprint density at radius 2 is 2.13 bits per heavy atom. The molecule has 2 heteroatoms. The highest BCUT2D eigenvalue weighted by Crippen LogP contribution is 2.15. The summed E-state index contributed by atoms with van der Waals surface area (Å²) in [5.74, 6) is 3.69. The minimum Gasteiger partial charge on any atom is -0.317 e. The summed E-state index contributed by atoms with van der Waals surface area (Å²) in [5, 5.41) is 3.40. The summed E-state index contributed by atoms with van der Waals surface area (Å²) in [4.78, 5) is 2.45. The van der Waals surface area contributed by atoms with Gasteiger partial charge in [-0.1, -0.05) is 12.8 Å². The maximum Gasteiger partial charge on any atom is 0.0683 e. The molecule has 1 atom stereocenters. The summed E-state index contributed by atoms with van der Waals surface area (Å²) in [6.07, 6.45) is 9.30. The molecule has 0 saturated carbocycles. The third-order valence-electron chi connectivity index (χ3n) is 3.25. The van der Waals surface area contributed by atoms with Crippen LogP contribution in [0.4, 0.5) is 0 Å². The van der Waals surface area contributed by atoms with Crippen LogP contribution in [0.3, 0.4) is 0 Å². The smallest absolute Gasteiger partial charge is 0.0683 e. The van der Waals surface area contributed by atoms with E-state index in [-0.39, 0.29) is 0 Å². The molecule has 0 bridgehead atoms. The van der Waals surface area contributed by atoms with Gasteiger partial charge >= 0.3 is 0 Å². The second-order valence-corrected chi connectivity index (χ2v) is 4.53. The largest absolute Gasteiger partial charge is 0.317 e. The molecule has 1 saturated heterocycles. The van der Waals surface area contributed by atoms with Gasteiger partial charge in [0.05, 0.1) is 6.04 Å². The van der Waals surface area contributed by atoms with Gasteiger partial charge in [0.1, 0.15) is 0 Å². The fourth-order valence-corrected chi connectivity index (χ4v) is 2.23.